The number of rotatable bonds is 2. The summed E-state index contributed by atoms with van der Waals surface area (Å²) in [5.41, 5.74) is 6.48. The van der Waals surface area contributed by atoms with Crippen molar-refractivity contribution in [1.82, 2.24) is 20.3 Å². The molecule has 0 saturated carbocycles. The van der Waals surface area contributed by atoms with E-state index in [-0.39, 0.29) is 11.8 Å². The maximum Gasteiger partial charge on any atom is 0.258 e. The molecule has 0 saturated heterocycles. The first kappa shape index (κ1) is 27.4. The lowest BCUT2D eigenvalue weighted by Gasteiger charge is -2.13. The maximum absolute atomic E-state index is 11.6. The number of nitrogens with zero attached hydrogens (tertiary/aromatic N) is 5. The Morgan fingerprint density at radius 3 is 1.71 bits per heavy atom. The lowest BCUT2D eigenvalue weighted by molar-refractivity contribution is -0.119. The lowest BCUT2D eigenvalue weighted by atomic mass is 10.1. The van der Waals surface area contributed by atoms with Crippen molar-refractivity contribution in [2.45, 2.75) is 0 Å². The van der Waals surface area contributed by atoms with Gasteiger partial charge < -0.3 is 8.94 Å². The standard InChI is InChI=1S/C17H10N2O3.C13H9N.C6H4N2O/c20-15-9-10-16(21)19(15)12-7-5-11(6-8-12)17-18-13-3-1-2-4-14(13)22-17;1-3-7-12-10(5-1)9-11-6-2-4-8-13(11)14-12;1-2-4-6-5(3-1)7-8-9-6/h1-10H;1-9H;1-4H. The van der Waals surface area contributed by atoms with Gasteiger partial charge in [0.15, 0.2) is 11.2 Å². The predicted octanol–water partition coefficient (Wildman–Crippen LogP) is 7.54. The molecule has 0 N–H and O–H groups in total. The fraction of sp³-hybridized carbons (Fsp3) is 0. The third-order valence-corrected chi connectivity index (χ3v) is 7.05. The van der Waals surface area contributed by atoms with Crippen LogP contribution in [0.1, 0.15) is 0 Å². The lowest BCUT2D eigenvalue weighted by Crippen LogP contribution is -2.29. The monoisotopic (exact) mass is 589 g/mol. The Hall–Kier alpha value is -6.48. The van der Waals surface area contributed by atoms with E-state index in [2.05, 4.69) is 38.5 Å². The molecule has 4 heterocycles. The van der Waals surface area contributed by atoms with Crippen LogP contribution >= 0.6 is 0 Å². The summed E-state index contributed by atoms with van der Waals surface area (Å²) in [6.45, 7) is 0. The summed E-state index contributed by atoms with van der Waals surface area (Å²) in [7, 11) is 0. The normalized spacial score (nSPS) is 12.4. The molecule has 1 aliphatic rings. The number of pyridine rings is 1. The van der Waals surface area contributed by atoms with E-state index in [4.69, 9.17) is 8.94 Å². The molecule has 3 aromatic heterocycles. The van der Waals surface area contributed by atoms with Gasteiger partial charge in [-0.05, 0) is 66.7 Å². The summed E-state index contributed by atoms with van der Waals surface area (Å²) in [5.74, 6) is -0.163. The minimum atomic E-state index is -0.334. The van der Waals surface area contributed by atoms with E-state index in [0.29, 0.717) is 11.6 Å². The summed E-state index contributed by atoms with van der Waals surface area (Å²) in [6.07, 6.45) is 2.52. The first-order valence-corrected chi connectivity index (χ1v) is 14.1. The quantitative estimate of drug-likeness (QED) is 0.150. The average molecular weight is 590 g/mol. The summed E-state index contributed by atoms with van der Waals surface area (Å²) >= 11 is 0. The van der Waals surface area contributed by atoms with Crippen LogP contribution in [-0.2, 0) is 9.59 Å². The van der Waals surface area contributed by atoms with Crippen LogP contribution in [0.3, 0.4) is 0 Å². The van der Waals surface area contributed by atoms with E-state index in [1.165, 1.54) is 22.9 Å². The van der Waals surface area contributed by atoms with Gasteiger partial charge in [-0.3, -0.25) is 9.59 Å². The third kappa shape index (κ3) is 5.78. The highest BCUT2D eigenvalue weighted by atomic mass is 16.5. The van der Waals surface area contributed by atoms with E-state index in [1.807, 2.05) is 84.9 Å². The van der Waals surface area contributed by atoms with E-state index in [1.54, 1.807) is 24.3 Å². The van der Waals surface area contributed by atoms with Crippen molar-refractivity contribution in [2.75, 3.05) is 4.90 Å². The summed E-state index contributed by atoms with van der Waals surface area (Å²) in [6, 6.07) is 40.5. The molecule has 216 valence electrons. The highest BCUT2D eigenvalue weighted by Gasteiger charge is 2.25. The average Bonchev–Trinajstić information content (AvgIpc) is 3.83. The van der Waals surface area contributed by atoms with Crippen molar-refractivity contribution in [3.8, 4) is 11.5 Å². The number of amides is 2. The molecule has 0 atom stereocenters. The third-order valence-electron chi connectivity index (χ3n) is 7.05. The molecular weight excluding hydrogens is 566 g/mol. The second kappa shape index (κ2) is 12.0. The Bertz CT molecular complexity index is 2150. The number of hydrogen-bond donors (Lipinski definition) is 0. The Balaban J connectivity index is 0.000000120. The minimum Gasteiger partial charge on any atom is -0.436 e. The number of carbonyl (C=O) groups excluding carboxylic acids is 2. The van der Waals surface area contributed by atoms with Gasteiger partial charge in [-0.1, -0.05) is 60.7 Å². The van der Waals surface area contributed by atoms with Crippen LogP contribution in [-0.4, -0.2) is 32.2 Å². The molecule has 45 heavy (non-hydrogen) atoms. The van der Waals surface area contributed by atoms with Crippen LogP contribution in [0, 0.1) is 0 Å². The molecule has 9 rings (SSSR count). The van der Waals surface area contributed by atoms with Crippen LogP contribution in [0.4, 0.5) is 5.69 Å². The number of imide groups is 1. The van der Waals surface area contributed by atoms with Crippen LogP contribution < -0.4 is 4.90 Å². The van der Waals surface area contributed by atoms with Gasteiger partial charge in [0.05, 0.1) is 16.7 Å². The Morgan fingerprint density at radius 2 is 1.09 bits per heavy atom. The van der Waals surface area contributed by atoms with Gasteiger partial charge in [-0.15, -0.1) is 5.10 Å². The highest BCUT2D eigenvalue weighted by Crippen LogP contribution is 2.27. The molecule has 9 heteroatoms. The number of anilines is 1. The van der Waals surface area contributed by atoms with Crippen molar-refractivity contribution in [3.05, 3.63) is 140 Å². The van der Waals surface area contributed by atoms with Crippen molar-refractivity contribution < 1.29 is 18.5 Å². The van der Waals surface area contributed by atoms with Gasteiger partial charge >= 0.3 is 0 Å². The molecular formula is C36H23N5O4. The summed E-state index contributed by atoms with van der Waals surface area (Å²) < 4.78 is 10.4. The number of oxazole rings is 1. The number of hydrogen-bond acceptors (Lipinski definition) is 8. The molecule has 0 unspecified atom stereocenters. The molecule has 5 aromatic carbocycles. The zero-order valence-electron chi connectivity index (χ0n) is 23.6. The number of carbonyl (C=O) groups is 2. The van der Waals surface area contributed by atoms with E-state index in [9.17, 15) is 9.59 Å². The maximum atomic E-state index is 11.6. The first-order chi connectivity index (χ1) is 22.1. The molecule has 8 aromatic rings. The van der Waals surface area contributed by atoms with Crippen molar-refractivity contribution in [1.29, 1.82) is 0 Å². The summed E-state index contributed by atoms with van der Waals surface area (Å²) in [5, 5.41) is 9.48. The minimum absolute atomic E-state index is 0.334. The highest BCUT2D eigenvalue weighted by molar-refractivity contribution is 6.28. The van der Waals surface area contributed by atoms with Crippen molar-refractivity contribution in [2.24, 2.45) is 0 Å². The SMILES string of the molecule is O=C1C=CC(=O)N1c1ccc(-c2nc3ccccc3o2)cc1.c1ccc2nc3ccccc3cc2c1.c1ccc2onnc2c1. The Kier molecular flexibility index (Phi) is 7.31. The van der Waals surface area contributed by atoms with E-state index in [0.717, 1.165) is 43.7 Å². The predicted molar refractivity (Wildman–Crippen MR) is 172 cm³/mol. The zero-order chi connectivity index (χ0) is 30.6. The van der Waals surface area contributed by atoms with Crippen LogP contribution in [0.15, 0.2) is 148 Å². The summed E-state index contributed by atoms with van der Waals surface area (Å²) in [4.78, 5) is 33.4. The molecule has 2 amide bonds. The van der Waals surface area contributed by atoms with Crippen LogP contribution in [0.2, 0.25) is 0 Å². The van der Waals surface area contributed by atoms with Gasteiger partial charge in [0.1, 0.15) is 11.0 Å². The number of para-hydroxylation sites is 5. The van der Waals surface area contributed by atoms with Crippen molar-refractivity contribution in [3.63, 3.8) is 0 Å². The Morgan fingerprint density at radius 1 is 0.533 bits per heavy atom. The van der Waals surface area contributed by atoms with Gasteiger partial charge in [0, 0.05) is 33.8 Å². The fourth-order valence-electron chi connectivity index (χ4n) is 4.85. The molecule has 0 spiro atoms. The Labute approximate surface area is 256 Å². The van der Waals surface area contributed by atoms with Crippen molar-refractivity contribution >= 4 is 61.5 Å². The first-order valence-electron chi connectivity index (χ1n) is 14.1. The fourth-order valence-corrected chi connectivity index (χ4v) is 4.85. The van der Waals surface area contributed by atoms with Gasteiger partial charge in [0.25, 0.3) is 11.8 Å². The molecule has 0 fully saturated rings. The van der Waals surface area contributed by atoms with Gasteiger partial charge in [-0.25, -0.2) is 14.9 Å². The second-order valence-electron chi connectivity index (χ2n) is 9.99. The van der Waals surface area contributed by atoms with Crippen LogP contribution in [0.25, 0.3) is 55.5 Å². The topological polar surface area (TPSA) is 115 Å². The zero-order valence-corrected chi connectivity index (χ0v) is 23.6. The van der Waals surface area contributed by atoms with Gasteiger partial charge in [0.2, 0.25) is 5.89 Å². The molecule has 0 aliphatic carbocycles. The number of benzene rings is 5. The van der Waals surface area contributed by atoms with Gasteiger partial charge in [-0.2, -0.15) is 0 Å². The largest absolute Gasteiger partial charge is 0.436 e. The van der Waals surface area contributed by atoms with E-state index >= 15 is 0 Å². The number of fused-ring (bicyclic) bond motifs is 4. The smallest absolute Gasteiger partial charge is 0.258 e. The molecule has 1 aliphatic heterocycles. The number of aromatic nitrogens is 4. The molecule has 9 nitrogen and oxygen atoms in total. The second-order valence-corrected chi connectivity index (χ2v) is 9.99. The van der Waals surface area contributed by atoms with E-state index < -0.39 is 0 Å². The molecule has 0 bridgehead atoms. The molecule has 0 radical (unpaired) electrons. The van der Waals surface area contributed by atoms with Crippen LogP contribution in [0.5, 0.6) is 0 Å².